The number of phosphoric acid groups is 1. The van der Waals surface area contributed by atoms with Gasteiger partial charge in [-0.15, -0.1) is 6.42 Å². The summed E-state index contributed by atoms with van der Waals surface area (Å²) < 4.78 is 14.0. The van der Waals surface area contributed by atoms with Crippen molar-refractivity contribution in [2.45, 2.75) is 37.6 Å². The number of allylic oxidation sites excluding steroid dienone is 4. The maximum atomic E-state index is 11.1. The largest absolute Gasteiger partial charge is 1.00 e. The van der Waals surface area contributed by atoms with Crippen LogP contribution in [0.25, 0.3) is 0 Å². The maximum Gasteiger partial charge on any atom is 1.00 e. The standard InChI is InChI=1S/C19H25O5.Na.H3O4P/c1-19(23,14-12-17-9-7-10-18(22)24-17)13-11-16(21)8-5-3-2-4-6-15-20;;1-5(2,3)4/h2-8,10,12-14,16-17,20-21,23H,9,11,15H2,1H3;;(H3,1,2,3,4)/q-1;+1;/b3-2-,6-4+,8-5-,14-12+;;/t16-,17+,19-;;/m0../s1. The van der Waals surface area contributed by atoms with Crippen LogP contribution >= 0.6 is 7.82 Å². The Hall–Kier alpha value is -0.840. The van der Waals surface area contributed by atoms with Gasteiger partial charge in [-0.25, -0.2) is 9.36 Å². The molecule has 0 radical (unpaired) electrons. The third-order valence-electron chi connectivity index (χ3n) is 3.22. The number of carbonyl (C=O) groups is 1. The Labute approximate surface area is 198 Å². The van der Waals surface area contributed by atoms with Crippen LogP contribution in [0.1, 0.15) is 19.8 Å². The summed E-state index contributed by atoms with van der Waals surface area (Å²) in [6.45, 7) is 1.59. The zero-order valence-electron chi connectivity index (χ0n) is 17.0. The van der Waals surface area contributed by atoms with Crippen LogP contribution in [0.3, 0.4) is 0 Å². The molecule has 1 heterocycles. The topological polar surface area (TPSA) is 165 Å². The van der Waals surface area contributed by atoms with E-state index in [9.17, 15) is 15.0 Å². The molecule has 0 bridgehead atoms. The van der Waals surface area contributed by atoms with Crippen LogP contribution in [0.4, 0.5) is 0 Å². The molecule has 30 heavy (non-hydrogen) atoms. The molecule has 0 aromatic heterocycles. The van der Waals surface area contributed by atoms with E-state index in [4.69, 9.17) is 29.1 Å². The first kappa shape index (κ1) is 31.3. The SMILES string of the molecule is C[C@@](O)(/C=C/[C@H]1CC=CC(=O)O1)[CH-]C[C@@H](O)\C=C/C=C\C=C\CO.O=P(O)(O)O.[Na+]. The van der Waals surface area contributed by atoms with Gasteiger partial charge in [-0.3, -0.25) is 6.42 Å². The third-order valence-corrected chi connectivity index (χ3v) is 3.22. The Bertz CT molecular complexity index is 669. The van der Waals surface area contributed by atoms with Gasteiger partial charge in [-0.05, 0) is 11.7 Å². The van der Waals surface area contributed by atoms with Crippen LogP contribution in [0, 0.1) is 6.42 Å². The van der Waals surface area contributed by atoms with Gasteiger partial charge >= 0.3 is 43.3 Å². The summed E-state index contributed by atoms with van der Waals surface area (Å²) in [6, 6.07) is 0. The molecule has 1 aliphatic rings. The summed E-state index contributed by atoms with van der Waals surface area (Å²) >= 11 is 0. The minimum atomic E-state index is -4.64. The molecule has 3 atom stereocenters. The van der Waals surface area contributed by atoms with Gasteiger partial charge in [0.05, 0.1) is 6.61 Å². The molecule has 1 rings (SSSR count). The zero-order chi connectivity index (χ0) is 22.3. The summed E-state index contributed by atoms with van der Waals surface area (Å²) in [4.78, 5) is 32.7. The average Bonchev–Trinajstić information content (AvgIpc) is 2.60. The van der Waals surface area contributed by atoms with Crippen LogP contribution < -0.4 is 29.6 Å². The van der Waals surface area contributed by atoms with Crippen molar-refractivity contribution >= 4 is 13.8 Å². The summed E-state index contributed by atoms with van der Waals surface area (Å²) in [5.74, 6) is -0.387. The molecule has 0 spiro atoms. The molecule has 0 saturated heterocycles. The van der Waals surface area contributed by atoms with E-state index in [2.05, 4.69) is 0 Å². The van der Waals surface area contributed by atoms with E-state index >= 15 is 0 Å². The van der Waals surface area contributed by atoms with Crippen LogP contribution in [-0.4, -0.2) is 60.4 Å². The molecule has 0 unspecified atom stereocenters. The molecule has 0 aliphatic carbocycles. The van der Waals surface area contributed by atoms with Crippen molar-refractivity contribution in [2.75, 3.05) is 6.61 Å². The number of carbonyl (C=O) groups excluding carboxylic acids is 1. The number of rotatable bonds is 9. The predicted octanol–water partition coefficient (Wildman–Crippen LogP) is -2.14. The number of aliphatic hydroxyl groups excluding tert-OH is 2. The van der Waals surface area contributed by atoms with Crippen LogP contribution in [0.5, 0.6) is 0 Å². The van der Waals surface area contributed by atoms with E-state index < -0.39 is 19.5 Å². The first-order valence-electron chi connectivity index (χ1n) is 8.63. The van der Waals surface area contributed by atoms with E-state index in [1.807, 2.05) is 0 Å². The normalized spacial score (nSPS) is 20.1. The zero-order valence-corrected chi connectivity index (χ0v) is 19.9. The van der Waals surface area contributed by atoms with Gasteiger partial charge in [0.2, 0.25) is 0 Å². The fourth-order valence-corrected chi connectivity index (χ4v) is 1.92. The van der Waals surface area contributed by atoms with Gasteiger partial charge in [-0.1, -0.05) is 55.5 Å². The Morgan fingerprint density at radius 3 is 2.47 bits per heavy atom. The smallest absolute Gasteiger partial charge is 0.455 e. The van der Waals surface area contributed by atoms with Crippen LogP contribution in [0.15, 0.2) is 60.8 Å². The first-order valence-corrected chi connectivity index (χ1v) is 10.2. The second kappa shape index (κ2) is 16.8. The molecule has 6 N–H and O–H groups in total. The molecule has 11 heteroatoms. The summed E-state index contributed by atoms with van der Waals surface area (Å²) in [7, 11) is -4.64. The van der Waals surface area contributed by atoms with Crippen molar-refractivity contribution in [3.63, 3.8) is 0 Å². The molecule has 164 valence electrons. The Morgan fingerprint density at radius 2 is 1.90 bits per heavy atom. The molecular weight excluding hydrogens is 426 g/mol. The maximum absolute atomic E-state index is 11.1. The van der Waals surface area contributed by atoms with Crippen molar-refractivity contribution < 1.29 is 73.7 Å². The molecule has 0 aromatic carbocycles. The number of cyclic esters (lactones) is 1. The molecule has 0 amide bonds. The molecule has 0 fully saturated rings. The van der Waals surface area contributed by atoms with Gasteiger partial charge in [0.25, 0.3) is 0 Å². The fourth-order valence-electron chi connectivity index (χ4n) is 1.92. The molecule has 1 aliphatic heterocycles. The van der Waals surface area contributed by atoms with Gasteiger partial charge in [0.1, 0.15) is 6.10 Å². The molecule has 9 nitrogen and oxygen atoms in total. The molecular formula is C19H28NaO9P. The summed E-state index contributed by atoms with van der Waals surface area (Å²) in [5, 5.41) is 28.6. The number of ether oxygens (including phenoxy) is 1. The Morgan fingerprint density at radius 1 is 1.30 bits per heavy atom. The number of esters is 1. The quantitative estimate of drug-likeness (QED) is 0.0569. The van der Waals surface area contributed by atoms with Crippen molar-refractivity contribution in [3.05, 3.63) is 67.2 Å². The van der Waals surface area contributed by atoms with E-state index in [-0.39, 0.29) is 54.7 Å². The third kappa shape index (κ3) is 21.9. The van der Waals surface area contributed by atoms with Gasteiger partial charge in [-0.2, -0.15) is 0 Å². The van der Waals surface area contributed by atoms with Gasteiger partial charge in [0, 0.05) is 18.6 Å². The van der Waals surface area contributed by atoms with E-state index in [1.54, 1.807) is 68.0 Å². The van der Waals surface area contributed by atoms with Gasteiger partial charge in [0.15, 0.2) is 0 Å². The predicted molar refractivity (Wildman–Crippen MR) is 107 cm³/mol. The average molecular weight is 454 g/mol. The second-order valence-electron chi connectivity index (χ2n) is 6.10. The fraction of sp³-hybridized carbons (Fsp3) is 0.368. The summed E-state index contributed by atoms with van der Waals surface area (Å²) in [6.07, 6.45) is 17.7. The minimum absolute atomic E-state index is 0. The first-order chi connectivity index (χ1) is 13.4. The summed E-state index contributed by atoms with van der Waals surface area (Å²) in [5.41, 5.74) is -1.21. The van der Waals surface area contributed by atoms with Crippen molar-refractivity contribution in [1.82, 2.24) is 0 Å². The molecule has 0 saturated carbocycles. The monoisotopic (exact) mass is 454 g/mol. The minimum Gasteiger partial charge on any atom is -0.455 e. The Balaban J connectivity index is 0. The van der Waals surface area contributed by atoms with E-state index in [1.165, 1.54) is 6.08 Å². The van der Waals surface area contributed by atoms with Crippen LogP contribution in [-0.2, 0) is 14.1 Å². The van der Waals surface area contributed by atoms with E-state index in [0.717, 1.165) is 0 Å². The van der Waals surface area contributed by atoms with Gasteiger partial charge < -0.3 is 34.7 Å². The Kier molecular flexibility index (Phi) is 17.6. The number of hydrogen-bond donors (Lipinski definition) is 6. The van der Waals surface area contributed by atoms with Crippen molar-refractivity contribution in [3.8, 4) is 0 Å². The van der Waals surface area contributed by atoms with Crippen molar-refractivity contribution in [1.29, 1.82) is 0 Å². The number of hydrogen-bond acceptors (Lipinski definition) is 6. The molecule has 0 aromatic rings. The second-order valence-corrected chi connectivity index (χ2v) is 7.13. The number of aliphatic hydroxyl groups is 3. The van der Waals surface area contributed by atoms with Crippen LogP contribution in [0.2, 0.25) is 0 Å². The van der Waals surface area contributed by atoms with E-state index in [0.29, 0.717) is 6.42 Å². The van der Waals surface area contributed by atoms with Crippen molar-refractivity contribution in [2.24, 2.45) is 0 Å².